The Morgan fingerprint density at radius 2 is 1.94 bits per heavy atom. The number of aromatic nitrogens is 2. The standard InChI is InChI=1S/C27H29N5O3S/c1-32(36(33)34)23-11-7-19(8-12-23)25-6-2-4-20-18-29-27(31-26(20)25)30-22-9-13-24(14-10-22)35-17-15-21-5-3-16-28-21/h2,4,6-14,18,21,28H,3,5,15-17H2,1H3,(H,33,34)(H,29,30,31)/p-1. The van der Waals surface area contributed by atoms with Crippen LogP contribution in [0.15, 0.2) is 72.9 Å². The minimum atomic E-state index is -2.32. The lowest BCUT2D eigenvalue weighted by Gasteiger charge is -2.21. The molecule has 2 N–H and O–H groups in total. The third-order valence-electron chi connectivity index (χ3n) is 6.38. The van der Waals surface area contributed by atoms with Crippen molar-refractivity contribution in [2.24, 2.45) is 0 Å². The minimum Gasteiger partial charge on any atom is -0.755 e. The third kappa shape index (κ3) is 5.64. The van der Waals surface area contributed by atoms with Crippen LogP contribution < -0.4 is 19.7 Å². The van der Waals surface area contributed by atoms with E-state index in [-0.39, 0.29) is 0 Å². The fourth-order valence-corrected chi connectivity index (χ4v) is 4.67. The van der Waals surface area contributed by atoms with Gasteiger partial charge < -0.3 is 24.2 Å². The van der Waals surface area contributed by atoms with Crippen molar-refractivity contribution in [2.75, 3.05) is 29.8 Å². The maximum atomic E-state index is 11.2. The molecule has 1 aliphatic rings. The topological polar surface area (TPSA) is 102 Å². The number of hydrogen-bond donors (Lipinski definition) is 2. The SMILES string of the molecule is CN(c1ccc(-c2cccc3cnc(Nc4ccc(OCCC5CCCN5)cc4)nc23)cc1)S(=O)[O-]. The first-order valence-corrected chi connectivity index (χ1v) is 13.0. The van der Waals surface area contributed by atoms with Crippen molar-refractivity contribution in [1.82, 2.24) is 15.3 Å². The van der Waals surface area contributed by atoms with E-state index in [2.05, 4.69) is 15.6 Å². The van der Waals surface area contributed by atoms with Gasteiger partial charge in [0.1, 0.15) is 5.75 Å². The second-order valence-electron chi connectivity index (χ2n) is 8.78. The molecule has 186 valence electrons. The van der Waals surface area contributed by atoms with Gasteiger partial charge in [-0.15, -0.1) is 0 Å². The van der Waals surface area contributed by atoms with Crippen LogP contribution >= 0.6 is 0 Å². The first-order chi connectivity index (χ1) is 17.6. The maximum absolute atomic E-state index is 11.2. The molecule has 9 heteroatoms. The first kappa shape index (κ1) is 24.2. The molecular formula is C27H28N5O3S-. The lowest BCUT2D eigenvalue weighted by Crippen LogP contribution is -2.23. The molecule has 1 saturated heterocycles. The van der Waals surface area contributed by atoms with Gasteiger partial charge in [-0.25, -0.2) is 9.97 Å². The van der Waals surface area contributed by atoms with E-state index in [1.165, 1.54) is 24.2 Å². The Labute approximate surface area is 213 Å². The number of nitrogens with one attached hydrogen (secondary N) is 2. The average molecular weight is 503 g/mol. The molecule has 2 heterocycles. The Morgan fingerprint density at radius 3 is 2.67 bits per heavy atom. The molecule has 8 nitrogen and oxygen atoms in total. The van der Waals surface area contributed by atoms with E-state index < -0.39 is 11.3 Å². The molecule has 0 radical (unpaired) electrons. The molecule has 0 aliphatic carbocycles. The van der Waals surface area contributed by atoms with Crippen molar-refractivity contribution in [2.45, 2.75) is 25.3 Å². The molecule has 2 unspecified atom stereocenters. The molecule has 1 aromatic heterocycles. The van der Waals surface area contributed by atoms with Crippen LogP contribution in [0.2, 0.25) is 0 Å². The second-order valence-corrected chi connectivity index (χ2v) is 9.76. The van der Waals surface area contributed by atoms with Crippen LogP contribution in [0.3, 0.4) is 0 Å². The Bertz CT molecular complexity index is 1340. The predicted octanol–water partition coefficient (Wildman–Crippen LogP) is 4.79. The van der Waals surface area contributed by atoms with Gasteiger partial charge in [0.15, 0.2) is 0 Å². The fraction of sp³-hybridized carbons (Fsp3) is 0.259. The Kier molecular flexibility index (Phi) is 7.41. The van der Waals surface area contributed by atoms with E-state index in [0.717, 1.165) is 46.4 Å². The van der Waals surface area contributed by atoms with Gasteiger partial charge in [0.2, 0.25) is 5.95 Å². The monoisotopic (exact) mass is 502 g/mol. The van der Waals surface area contributed by atoms with Gasteiger partial charge in [-0.3, -0.25) is 4.21 Å². The summed E-state index contributed by atoms with van der Waals surface area (Å²) in [7, 11) is 1.51. The number of rotatable bonds is 9. The highest BCUT2D eigenvalue weighted by Crippen LogP contribution is 2.30. The second kappa shape index (κ2) is 11.0. The summed E-state index contributed by atoms with van der Waals surface area (Å²) in [6.45, 7) is 1.81. The average Bonchev–Trinajstić information content (AvgIpc) is 3.42. The van der Waals surface area contributed by atoms with E-state index in [0.29, 0.717) is 24.3 Å². The zero-order valence-electron chi connectivity index (χ0n) is 20.0. The highest BCUT2D eigenvalue weighted by atomic mass is 32.2. The molecular weight excluding hydrogens is 474 g/mol. The molecule has 1 fully saturated rings. The number of nitrogens with zero attached hydrogens (tertiary/aromatic N) is 3. The van der Waals surface area contributed by atoms with E-state index in [9.17, 15) is 8.76 Å². The van der Waals surface area contributed by atoms with Crippen molar-refractivity contribution in [1.29, 1.82) is 0 Å². The van der Waals surface area contributed by atoms with Crippen molar-refractivity contribution >= 4 is 39.5 Å². The Balaban J connectivity index is 1.30. The largest absolute Gasteiger partial charge is 0.755 e. The number of ether oxygens (including phenoxy) is 1. The van der Waals surface area contributed by atoms with Crippen LogP contribution in [-0.4, -0.2) is 45.0 Å². The van der Waals surface area contributed by atoms with Crippen LogP contribution in [0.4, 0.5) is 17.3 Å². The molecule has 0 saturated carbocycles. The summed E-state index contributed by atoms with van der Waals surface area (Å²) in [6.07, 6.45) is 5.29. The zero-order valence-corrected chi connectivity index (χ0v) is 20.8. The zero-order chi connectivity index (χ0) is 24.9. The summed E-state index contributed by atoms with van der Waals surface area (Å²) in [5, 5.41) is 7.68. The summed E-state index contributed by atoms with van der Waals surface area (Å²) >= 11 is -2.32. The normalized spacial score (nSPS) is 16.1. The molecule has 4 aromatic rings. The van der Waals surface area contributed by atoms with Gasteiger partial charge >= 0.3 is 0 Å². The van der Waals surface area contributed by atoms with Gasteiger partial charge in [-0.2, -0.15) is 0 Å². The maximum Gasteiger partial charge on any atom is 0.227 e. The van der Waals surface area contributed by atoms with Gasteiger partial charge in [0, 0.05) is 52.9 Å². The number of hydrogen-bond acceptors (Lipinski definition) is 7. The number of fused-ring (bicyclic) bond motifs is 1. The minimum absolute atomic E-state index is 0.494. The lowest BCUT2D eigenvalue weighted by atomic mass is 10.0. The van der Waals surface area contributed by atoms with Crippen LogP contribution in [-0.2, 0) is 11.3 Å². The Morgan fingerprint density at radius 1 is 1.14 bits per heavy atom. The van der Waals surface area contributed by atoms with Crippen LogP contribution in [0.1, 0.15) is 19.3 Å². The molecule has 36 heavy (non-hydrogen) atoms. The summed E-state index contributed by atoms with van der Waals surface area (Å²) in [5.74, 6) is 1.34. The summed E-state index contributed by atoms with van der Waals surface area (Å²) in [5.41, 5.74) is 4.15. The molecule has 1 aliphatic heterocycles. The smallest absolute Gasteiger partial charge is 0.227 e. The van der Waals surface area contributed by atoms with Gasteiger partial charge in [0.05, 0.1) is 12.1 Å². The van der Waals surface area contributed by atoms with Gasteiger partial charge in [-0.05, 0) is 67.8 Å². The number of para-hydroxylation sites is 1. The van der Waals surface area contributed by atoms with Crippen molar-refractivity contribution in [3.63, 3.8) is 0 Å². The van der Waals surface area contributed by atoms with Gasteiger partial charge in [0.25, 0.3) is 0 Å². The molecule has 0 amide bonds. The first-order valence-electron chi connectivity index (χ1n) is 12.0. The van der Waals surface area contributed by atoms with E-state index in [4.69, 9.17) is 9.72 Å². The summed E-state index contributed by atoms with van der Waals surface area (Å²) in [6, 6.07) is 21.6. The number of anilines is 3. The molecule has 3 aromatic carbocycles. The Hall–Kier alpha value is -3.53. The van der Waals surface area contributed by atoms with Crippen LogP contribution in [0, 0.1) is 0 Å². The quantitative estimate of drug-likeness (QED) is 0.317. The fourth-order valence-electron chi connectivity index (χ4n) is 4.37. The van der Waals surface area contributed by atoms with Crippen molar-refractivity contribution in [3.05, 3.63) is 72.9 Å². The predicted molar refractivity (Wildman–Crippen MR) is 143 cm³/mol. The number of benzene rings is 3. The molecule has 2 atom stereocenters. The third-order valence-corrected chi connectivity index (χ3v) is 7.04. The molecule has 0 bridgehead atoms. The highest BCUT2D eigenvalue weighted by Gasteiger charge is 2.13. The summed E-state index contributed by atoms with van der Waals surface area (Å²) in [4.78, 5) is 9.25. The lowest BCUT2D eigenvalue weighted by molar-refractivity contribution is 0.292. The van der Waals surface area contributed by atoms with Crippen LogP contribution in [0.25, 0.3) is 22.0 Å². The van der Waals surface area contributed by atoms with Crippen LogP contribution in [0.5, 0.6) is 5.75 Å². The van der Waals surface area contributed by atoms with E-state index in [1.54, 1.807) is 18.3 Å². The summed E-state index contributed by atoms with van der Waals surface area (Å²) < 4.78 is 29.5. The molecule has 0 spiro atoms. The molecule has 5 rings (SSSR count). The van der Waals surface area contributed by atoms with Crippen molar-refractivity contribution in [3.8, 4) is 16.9 Å². The van der Waals surface area contributed by atoms with Gasteiger partial charge in [-0.1, -0.05) is 30.3 Å². The van der Waals surface area contributed by atoms with E-state index in [1.807, 2.05) is 54.6 Å². The van der Waals surface area contributed by atoms with Crippen molar-refractivity contribution < 1.29 is 13.5 Å². The van der Waals surface area contributed by atoms with E-state index >= 15 is 0 Å². The highest BCUT2D eigenvalue weighted by molar-refractivity contribution is 7.80.